The van der Waals surface area contributed by atoms with E-state index < -0.39 is 5.97 Å². The Labute approximate surface area is 133 Å². The quantitative estimate of drug-likeness (QED) is 0.749. The molecule has 0 fully saturated rings. The molecule has 2 aromatic heterocycles. The van der Waals surface area contributed by atoms with Crippen LogP contribution in [0, 0.1) is 6.92 Å². The van der Waals surface area contributed by atoms with E-state index in [-0.39, 0.29) is 0 Å². The van der Waals surface area contributed by atoms with Crippen LogP contribution in [0.1, 0.15) is 23.0 Å². The molecular weight excluding hydrogens is 292 g/mol. The summed E-state index contributed by atoms with van der Waals surface area (Å²) in [5, 5.41) is 6.91. The molecule has 0 atom stereocenters. The lowest BCUT2D eigenvalue weighted by Crippen LogP contribution is -2.06. The Balaban J connectivity index is 1.90. The van der Waals surface area contributed by atoms with Gasteiger partial charge in [-0.3, -0.25) is 5.10 Å². The summed E-state index contributed by atoms with van der Waals surface area (Å²) in [7, 11) is 0. The van der Waals surface area contributed by atoms with E-state index in [1.165, 1.54) is 0 Å². The molecule has 0 saturated carbocycles. The van der Waals surface area contributed by atoms with Crippen molar-refractivity contribution < 1.29 is 9.53 Å². The average Bonchev–Trinajstić information content (AvgIpc) is 2.98. The molecule has 0 saturated heterocycles. The largest absolute Gasteiger partial charge is 0.461 e. The minimum atomic E-state index is -0.412. The van der Waals surface area contributed by atoms with Crippen molar-refractivity contribution in [3.63, 3.8) is 0 Å². The number of esters is 1. The van der Waals surface area contributed by atoms with E-state index in [1.807, 2.05) is 37.3 Å². The summed E-state index contributed by atoms with van der Waals surface area (Å²) in [5.74, 6) is 0.235. The van der Waals surface area contributed by atoms with Gasteiger partial charge in [0, 0.05) is 29.1 Å². The lowest BCUT2D eigenvalue weighted by atomic mass is 10.1. The molecule has 116 valence electrons. The van der Waals surface area contributed by atoms with Crippen LogP contribution >= 0.6 is 0 Å². The molecule has 6 heteroatoms. The number of rotatable bonds is 4. The molecule has 3 aromatic rings. The van der Waals surface area contributed by atoms with Crippen LogP contribution in [0.5, 0.6) is 0 Å². The second-order valence-corrected chi connectivity index (χ2v) is 4.95. The van der Waals surface area contributed by atoms with Gasteiger partial charge in [-0.25, -0.2) is 14.8 Å². The van der Waals surface area contributed by atoms with E-state index in [4.69, 9.17) is 4.74 Å². The Hall–Kier alpha value is -3.02. The number of hydrogen-bond donors (Lipinski definition) is 1. The maximum Gasteiger partial charge on any atom is 0.356 e. The van der Waals surface area contributed by atoms with Gasteiger partial charge in [0.05, 0.1) is 12.3 Å². The number of hydrogen-bond acceptors (Lipinski definition) is 5. The molecule has 6 nitrogen and oxygen atoms in total. The van der Waals surface area contributed by atoms with Crippen molar-refractivity contribution in [1.29, 1.82) is 0 Å². The summed E-state index contributed by atoms with van der Waals surface area (Å²) in [4.78, 5) is 20.6. The van der Waals surface area contributed by atoms with Gasteiger partial charge in [0.25, 0.3) is 0 Å². The minimum absolute atomic E-state index is 0.321. The molecule has 0 bridgehead atoms. The normalized spacial score (nSPS) is 10.5. The first-order valence-electron chi connectivity index (χ1n) is 7.30. The van der Waals surface area contributed by atoms with E-state index in [1.54, 1.807) is 19.3 Å². The lowest BCUT2D eigenvalue weighted by molar-refractivity contribution is 0.0518. The lowest BCUT2D eigenvalue weighted by Gasteiger charge is -2.02. The highest BCUT2D eigenvalue weighted by molar-refractivity contribution is 5.90. The Morgan fingerprint density at radius 1 is 1.13 bits per heavy atom. The Kier molecular flexibility index (Phi) is 4.14. The molecule has 0 aliphatic rings. The molecule has 0 spiro atoms. The first-order valence-corrected chi connectivity index (χ1v) is 7.30. The molecule has 2 heterocycles. The number of aromatic amines is 1. The molecule has 23 heavy (non-hydrogen) atoms. The summed E-state index contributed by atoms with van der Waals surface area (Å²) >= 11 is 0. The first-order chi connectivity index (χ1) is 11.2. The van der Waals surface area contributed by atoms with Crippen molar-refractivity contribution >= 4 is 5.97 Å². The van der Waals surface area contributed by atoms with Gasteiger partial charge in [-0.15, -0.1) is 0 Å². The van der Waals surface area contributed by atoms with E-state index >= 15 is 0 Å². The van der Waals surface area contributed by atoms with Crippen molar-refractivity contribution in [2.75, 3.05) is 6.61 Å². The van der Waals surface area contributed by atoms with Crippen molar-refractivity contribution in [3.8, 4) is 22.6 Å². The molecule has 1 aromatic carbocycles. The minimum Gasteiger partial charge on any atom is -0.461 e. The van der Waals surface area contributed by atoms with Gasteiger partial charge in [0.15, 0.2) is 5.82 Å². The van der Waals surface area contributed by atoms with E-state index in [9.17, 15) is 4.79 Å². The average molecular weight is 308 g/mol. The maximum absolute atomic E-state index is 11.8. The van der Waals surface area contributed by atoms with Gasteiger partial charge in [-0.2, -0.15) is 5.10 Å². The maximum atomic E-state index is 11.8. The smallest absolute Gasteiger partial charge is 0.356 e. The highest BCUT2D eigenvalue weighted by Crippen LogP contribution is 2.23. The van der Waals surface area contributed by atoms with E-state index in [0.29, 0.717) is 23.8 Å². The zero-order valence-electron chi connectivity index (χ0n) is 12.9. The van der Waals surface area contributed by atoms with Crippen LogP contribution < -0.4 is 0 Å². The Morgan fingerprint density at radius 2 is 1.83 bits per heavy atom. The second kappa shape index (κ2) is 6.39. The first kappa shape index (κ1) is 14.9. The van der Waals surface area contributed by atoms with Crippen molar-refractivity contribution in [2.45, 2.75) is 13.8 Å². The van der Waals surface area contributed by atoms with Gasteiger partial charge in [-0.05, 0) is 13.8 Å². The van der Waals surface area contributed by atoms with Gasteiger partial charge in [0.2, 0.25) is 0 Å². The fourth-order valence-electron chi connectivity index (χ4n) is 2.27. The molecule has 1 N–H and O–H groups in total. The van der Waals surface area contributed by atoms with Crippen LogP contribution in [0.2, 0.25) is 0 Å². The highest BCUT2D eigenvalue weighted by atomic mass is 16.5. The second-order valence-electron chi connectivity index (χ2n) is 4.95. The van der Waals surface area contributed by atoms with Crippen LogP contribution in [0.25, 0.3) is 22.6 Å². The van der Waals surface area contributed by atoms with Crippen LogP contribution in [0.15, 0.2) is 42.7 Å². The molecule has 3 rings (SSSR count). The molecular formula is C17H16N4O2. The monoisotopic (exact) mass is 308 g/mol. The van der Waals surface area contributed by atoms with Gasteiger partial charge >= 0.3 is 5.97 Å². The fourth-order valence-corrected chi connectivity index (χ4v) is 2.27. The zero-order chi connectivity index (χ0) is 16.2. The third-order valence-corrected chi connectivity index (χ3v) is 3.45. The van der Waals surface area contributed by atoms with E-state index in [2.05, 4.69) is 20.2 Å². The van der Waals surface area contributed by atoms with Crippen molar-refractivity contribution in [3.05, 3.63) is 54.0 Å². The molecule has 0 unspecified atom stereocenters. The summed E-state index contributed by atoms with van der Waals surface area (Å²) in [5.41, 5.74) is 3.42. The van der Waals surface area contributed by atoms with Crippen LogP contribution in [-0.2, 0) is 4.74 Å². The van der Waals surface area contributed by atoms with Gasteiger partial charge in [-0.1, -0.05) is 30.3 Å². The molecule has 0 aliphatic heterocycles. The molecule has 0 aliphatic carbocycles. The highest BCUT2D eigenvalue weighted by Gasteiger charge is 2.18. The third kappa shape index (κ3) is 2.96. The molecule has 0 radical (unpaired) electrons. The Bertz CT molecular complexity index is 810. The summed E-state index contributed by atoms with van der Waals surface area (Å²) in [6.07, 6.45) is 3.40. The predicted octanol–water partition coefficient (Wildman–Crippen LogP) is 3.02. The summed E-state index contributed by atoms with van der Waals surface area (Å²) in [6.45, 7) is 3.90. The van der Waals surface area contributed by atoms with Gasteiger partial charge < -0.3 is 4.74 Å². The number of nitrogens with zero attached hydrogens (tertiary/aromatic N) is 3. The number of carbonyl (C=O) groups excluding carboxylic acids is 1. The number of nitrogens with one attached hydrogen (secondary N) is 1. The number of benzene rings is 1. The third-order valence-electron chi connectivity index (χ3n) is 3.45. The van der Waals surface area contributed by atoms with Crippen molar-refractivity contribution in [1.82, 2.24) is 20.2 Å². The SMILES string of the molecule is CCOC(=O)c1[nH]nc(-c2cnc(-c3ccccc3)nc2)c1C. The summed E-state index contributed by atoms with van der Waals surface area (Å²) < 4.78 is 4.99. The van der Waals surface area contributed by atoms with Crippen molar-refractivity contribution in [2.24, 2.45) is 0 Å². The summed E-state index contributed by atoms with van der Waals surface area (Å²) in [6, 6.07) is 9.73. The topological polar surface area (TPSA) is 80.8 Å². The number of ether oxygens (including phenoxy) is 1. The van der Waals surface area contributed by atoms with Crippen LogP contribution in [-0.4, -0.2) is 32.7 Å². The fraction of sp³-hybridized carbons (Fsp3) is 0.176. The van der Waals surface area contributed by atoms with E-state index in [0.717, 1.165) is 16.7 Å². The van der Waals surface area contributed by atoms with Gasteiger partial charge in [0.1, 0.15) is 5.69 Å². The van der Waals surface area contributed by atoms with Crippen LogP contribution in [0.4, 0.5) is 0 Å². The number of aromatic nitrogens is 4. The standard InChI is InChI=1S/C17H16N4O2/c1-3-23-17(22)15-11(2)14(20-21-15)13-9-18-16(19-10-13)12-7-5-4-6-8-12/h4-10H,3H2,1-2H3,(H,20,21). The predicted molar refractivity (Wildman–Crippen MR) is 85.7 cm³/mol. The number of H-pyrrole nitrogens is 1. The zero-order valence-corrected chi connectivity index (χ0v) is 12.9. The number of carbonyl (C=O) groups is 1. The van der Waals surface area contributed by atoms with Crippen LogP contribution in [0.3, 0.4) is 0 Å². The molecule has 0 amide bonds. The Morgan fingerprint density at radius 3 is 2.48 bits per heavy atom.